The number of nitrogens with zero attached hydrogens (tertiary/aromatic N) is 2. The van der Waals surface area contributed by atoms with Crippen molar-refractivity contribution in [3.63, 3.8) is 0 Å². The number of rotatable bonds is 4. The highest BCUT2D eigenvalue weighted by Gasteiger charge is 2.65. The van der Waals surface area contributed by atoms with Crippen molar-refractivity contribution in [2.24, 2.45) is 11.1 Å². The normalized spacial score (nSPS) is 24.7. The van der Waals surface area contributed by atoms with Crippen LogP contribution >= 0.6 is 0 Å². The lowest BCUT2D eigenvalue weighted by atomic mass is 9.67. The summed E-state index contributed by atoms with van der Waals surface area (Å²) in [6.45, 7) is 0. The number of primary amides is 1. The maximum absolute atomic E-state index is 14.0. The van der Waals surface area contributed by atoms with Gasteiger partial charge in [-0.15, -0.1) is 0 Å². The van der Waals surface area contributed by atoms with Crippen molar-refractivity contribution in [3.8, 4) is 6.07 Å². The summed E-state index contributed by atoms with van der Waals surface area (Å²) in [5.41, 5.74) is 6.21. The molecule has 1 saturated heterocycles. The van der Waals surface area contributed by atoms with Crippen LogP contribution in [0.25, 0.3) is 6.08 Å². The molecule has 2 aliphatic heterocycles. The van der Waals surface area contributed by atoms with Crippen molar-refractivity contribution in [3.05, 3.63) is 107 Å². The number of nitrogens with two attached hydrogens (primary N) is 1. The average molecular weight is 455 g/mol. The zero-order chi connectivity index (χ0) is 24.0. The van der Waals surface area contributed by atoms with E-state index in [0.29, 0.717) is 11.3 Å². The van der Waals surface area contributed by atoms with E-state index in [0.717, 1.165) is 5.56 Å². The Morgan fingerprint density at radius 1 is 0.941 bits per heavy atom. The number of ketones is 1. The molecule has 3 aromatic carbocycles. The van der Waals surface area contributed by atoms with Crippen LogP contribution in [0.3, 0.4) is 0 Å². The Kier molecular flexibility index (Phi) is 5.02. The van der Waals surface area contributed by atoms with Gasteiger partial charge in [0.25, 0.3) is 0 Å². The standard InChI is InChI=1S/C27H19F2N3O2/c28-19-10-5-17(6-11-19)23-24(25(33)18-7-12-20(29)13-8-18)32-21-4-2-1-3-16(21)9-14-22(32)27(23,15-30)26(31)34/h1-14,22-24H,(H2,31,34)/t22-,23-,24-,27-/m0/s1. The molecule has 1 amide bonds. The number of Topliss-reactive ketones (excluding diaryl/α,β-unsaturated/α-hetero) is 1. The van der Waals surface area contributed by atoms with Gasteiger partial charge in [-0.25, -0.2) is 8.78 Å². The second-order valence-electron chi connectivity index (χ2n) is 8.46. The molecule has 2 aliphatic rings. The molecule has 5 rings (SSSR count). The van der Waals surface area contributed by atoms with Gasteiger partial charge in [-0.3, -0.25) is 9.59 Å². The minimum Gasteiger partial charge on any atom is -0.368 e. The summed E-state index contributed by atoms with van der Waals surface area (Å²) in [6.07, 6.45) is 3.52. The third-order valence-corrected chi connectivity index (χ3v) is 6.76. The number of carbonyl (C=O) groups excluding carboxylic acids is 2. The van der Waals surface area contributed by atoms with Crippen LogP contribution in [0.4, 0.5) is 14.5 Å². The molecule has 4 atom stereocenters. The largest absolute Gasteiger partial charge is 0.368 e. The van der Waals surface area contributed by atoms with Gasteiger partial charge in [0.05, 0.1) is 12.1 Å². The molecular formula is C27H19F2N3O2. The monoisotopic (exact) mass is 455 g/mol. The van der Waals surface area contributed by atoms with Crippen molar-refractivity contribution >= 4 is 23.5 Å². The molecule has 0 spiro atoms. The summed E-state index contributed by atoms with van der Waals surface area (Å²) < 4.78 is 27.4. The summed E-state index contributed by atoms with van der Waals surface area (Å²) in [5.74, 6) is -3.27. The summed E-state index contributed by atoms with van der Waals surface area (Å²) in [7, 11) is 0. The van der Waals surface area contributed by atoms with Gasteiger partial charge in [0.15, 0.2) is 11.2 Å². The van der Waals surface area contributed by atoms with Gasteiger partial charge in [-0.1, -0.05) is 42.5 Å². The fourth-order valence-corrected chi connectivity index (χ4v) is 5.26. The van der Waals surface area contributed by atoms with Crippen LogP contribution in [0, 0.1) is 28.4 Å². The van der Waals surface area contributed by atoms with Crippen LogP contribution in [-0.4, -0.2) is 23.8 Å². The molecule has 2 heterocycles. The predicted octanol–water partition coefficient (Wildman–Crippen LogP) is 4.21. The summed E-state index contributed by atoms with van der Waals surface area (Å²) >= 11 is 0. The Labute approximate surface area is 194 Å². The molecule has 34 heavy (non-hydrogen) atoms. The van der Waals surface area contributed by atoms with Crippen LogP contribution in [-0.2, 0) is 4.79 Å². The van der Waals surface area contributed by atoms with Gasteiger partial charge in [0.2, 0.25) is 5.91 Å². The molecule has 2 N–H and O–H groups in total. The van der Waals surface area contributed by atoms with E-state index in [1.807, 2.05) is 18.2 Å². The molecule has 3 aromatic rings. The van der Waals surface area contributed by atoms with Gasteiger partial charge in [-0.2, -0.15) is 5.26 Å². The van der Waals surface area contributed by atoms with E-state index in [1.54, 1.807) is 23.1 Å². The number of benzene rings is 3. The van der Waals surface area contributed by atoms with Crippen molar-refractivity contribution in [1.29, 1.82) is 5.26 Å². The lowest BCUT2D eigenvalue weighted by molar-refractivity contribution is -0.125. The number of hydrogen-bond acceptors (Lipinski definition) is 4. The molecule has 7 heteroatoms. The van der Waals surface area contributed by atoms with Crippen LogP contribution in [0.2, 0.25) is 0 Å². The average Bonchev–Trinajstić information content (AvgIpc) is 3.16. The summed E-state index contributed by atoms with van der Waals surface area (Å²) in [6, 6.07) is 18.1. The molecule has 0 aromatic heterocycles. The number of amides is 1. The van der Waals surface area contributed by atoms with E-state index in [4.69, 9.17) is 5.73 Å². The Morgan fingerprint density at radius 2 is 1.56 bits per heavy atom. The van der Waals surface area contributed by atoms with E-state index < -0.39 is 46.7 Å². The first-order valence-electron chi connectivity index (χ1n) is 10.7. The van der Waals surface area contributed by atoms with Gasteiger partial charge in [0, 0.05) is 17.2 Å². The lowest BCUT2D eigenvalue weighted by Crippen LogP contribution is -2.49. The smallest absolute Gasteiger partial charge is 0.241 e. The van der Waals surface area contributed by atoms with E-state index >= 15 is 0 Å². The van der Waals surface area contributed by atoms with Gasteiger partial charge in [0.1, 0.15) is 17.7 Å². The number of halogens is 2. The molecular weight excluding hydrogens is 436 g/mol. The van der Waals surface area contributed by atoms with E-state index in [-0.39, 0.29) is 5.56 Å². The molecule has 1 fully saturated rings. The minimum absolute atomic E-state index is 0.225. The third-order valence-electron chi connectivity index (χ3n) is 6.76. The van der Waals surface area contributed by atoms with E-state index in [1.165, 1.54) is 48.5 Å². The van der Waals surface area contributed by atoms with Gasteiger partial charge in [-0.05, 0) is 53.6 Å². The first kappa shape index (κ1) is 21.5. The molecule has 0 unspecified atom stereocenters. The first-order chi connectivity index (χ1) is 16.4. The predicted molar refractivity (Wildman–Crippen MR) is 123 cm³/mol. The van der Waals surface area contributed by atoms with Crippen molar-refractivity contribution < 1.29 is 18.4 Å². The second kappa shape index (κ2) is 7.92. The zero-order valence-corrected chi connectivity index (χ0v) is 17.9. The Morgan fingerprint density at radius 3 is 2.18 bits per heavy atom. The molecule has 0 saturated carbocycles. The van der Waals surface area contributed by atoms with E-state index in [2.05, 4.69) is 6.07 Å². The highest BCUT2D eigenvalue weighted by molar-refractivity contribution is 6.06. The number of carbonyl (C=O) groups is 2. The van der Waals surface area contributed by atoms with Crippen LogP contribution in [0.5, 0.6) is 0 Å². The van der Waals surface area contributed by atoms with E-state index in [9.17, 15) is 23.6 Å². The quantitative estimate of drug-likeness (QED) is 0.597. The van der Waals surface area contributed by atoms with Crippen molar-refractivity contribution in [2.75, 3.05) is 4.90 Å². The Hall–Kier alpha value is -4.31. The highest BCUT2D eigenvalue weighted by atomic mass is 19.1. The van der Waals surface area contributed by atoms with Crippen LogP contribution in [0.15, 0.2) is 78.9 Å². The molecule has 168 valence electrons. The van der Waals surface area contributed by atoms with Gasteiger partial charge < -0.3 is 10.6 Å². The highest BCUT2D eigenvalue weighted by Crippen LogP contribution is 2.55. The second-order valence-corrected chi connectivity index (χ2v) is 8.46. The SMILES string of the molecule is N#C[C@]1(C(N)=O)[C@@H]2C=Cc3ccccc3N2[C@H](C(=O)c2ccc(F)cc2)[C@@H]1c1ccc(F)cc1. The molecule has 0 bridgehead atoms. The fourth-order valence-electron chi connectivity index (χ4n) is 5.26. The number of anilines is 1. The van der Waals surface area contributed by atoms with Crippen molar-refractivity contribution in [1.82, 2.24) is 0 Å². The number of para-hydroxylation sites is 1. The van der Waals surface area contributed by atoms with Crippen LogP contribution in [0.1, 0.15) is 27.4 Å². The Bertz CT molecular complexity index is 1360. The fraction of sp³-hybridized carbons (Fsp3) is 0.148. The molecule has 5 nitrogen and oxygen atoms in total. The van der Waals surface area contributed by atoms with Crippen molar-refractivity contribution in [2.45, 2.75) is 18.0 Å². The summed E-state index contributed by atoms with van der Waals surface area (Å²) in [4.78, 5) is 28.8. The zero-order valence-electron chi connectivity index (χ0n) is 17.9. The maximum Gasteiger partial charge on any atom is 0.241 e. The number of nitriles is 1. The van der Waals surface area contributed by atoms with Gasteiger partial charge >= 0.3 is 0 Å². The number of hydrogen-bond donors (Lipinski definition) is 1. The van der Waals surface area contributed by atoms with Crippen LogP contribution < -0.4 is 10.6 Å². The first-order valence-corrected chi connectivity index (χ1v) is 10.7. The topological polar surface area (TPSA) is 87.2 Å². The molecule has 0 aliphatic carbocycles. The maximum atomic E-state index is 14.0. The third kappa shape index (κ3) is 3.03. The molecule has 0 radical (unpaired) electrons. The Balaban J connectivity index is 1.80. The number of fused-ring (bicyclic) bond motifs is 3. The minimum atomic E-state index is -1.82. The summed E-state index contributed by atoms with van der Waals surface area (Å²) in [5, 5.41) is 10.4. The lowest BCUT2D eigenvalue weighted by Gasteiger charge is -2.36.